The molecule has 0 saturated heterocycles. The summed E-state index contributed by atoms with van der Waals surface area (Å²) in [5.41, 5.74) is -0.831. The maximum atomic E-state index is 13.3. The number of ether oxygens (including phenoxy) is 1. The summed E-state index contributed by atoms with van der Waals surface area (Å²) in [6.45, 7) is -2.78. The number of halogens is 4. The number of unbranched alkanes of at least 4 members (excludes halogenated alkanes) is 4. The molecule has 0 aromatic heterocycles. The Hall–Kier alpha value is -1.20. The minimum atomic E-state index is -5.12. The molecule has 0 amide bonds. The van der Waals surface area contributed by atoms with E-state index in [0.717, 1.165) is 50.3 Å². The Kier molecular flexibility index (Phi) is 6.18. The van der Waals surface area contributed by atoms with Gasteiger partial charge in [0.2, 0.25) is 0 Å². The molecular weight excluding hydrogens is 259 g/mol. The first-order valence-corrected chi connectivity index (χ1v) is 6.57. The molecule has 0 aliphatic rings. The molecule has 0 spiro atoms. The van der Waals surface area contributed by atoms with Gasteiger partial charge in [0.1, 0.15) is 0 Å². The van der Waals surface area contributed by atoms with Crippen LogP contribution in [0.25, 0.3) is 0 Å². The summed E-state index contributed by atoms with van der Waals surface area (Å²) in [6.07, 6.45) is 4.97. The van der Waals surface area contributed by atoms with E-state index in [4.69, 9.17) is 4.74 Å². The molecule has 0 heterocycles. The highest BCUT2D eigenvalue weighted by Gasteiger charge is 2.26. The van der Waals surface area contributed by atoms with E-state index < -0.39 is 18.3 Å². The monoisotopic (exact) mass is 277 g/mol. The van der Waals surface area contributed by atoms with Gasteiger partial charge in [0.15, 0.2) is 11.6 Å². The van der Waals surface area contributed by atoms with E-state index in [2.05, 4.69) is 6.92 Å². The minimum absolute atomic E-state index is 0.245. The third-order valence-electron chi connectivity index (χ3n) is 2.84. The molecule has 1 nitrogen and oxygen atoms in total. The molecule has 19 heavy (non-hydrogen) atoms. The first-order valence-electron chi connectivity index (χ1n) is 6.57. The molecule has 0 unspecified atom stereocenters. The van der Waals surface area contributed by atoms with Crippen molar-refractivity contribution >= 4 is 12.4 Å². The molecule has 1 rings (SSSR count). The predicted molar refractivity (Wildman–Crippen MR) is 69.4 cm³/mol. The molecule has 6 heteroatoms. The first kappa shape index (κ1) is 15.9. The smallest absolute Gasteiger partial charge is 0.491 e. The van der Waals surface area contributed by atoms with Crippen molar-refractivity contribution in [2.24, 2.45) is 0 Å². The lowest BCUT2D eigenvalue weighted by molar-refractivity contribution is 0.290. The van der Waals surface area contributed by atoms with Gasteiger partial charge in [0, 0.05) is 0 Å². The van der Waals surface area contributed by atoms with Crippen LogP contribution >= 0.6 is 0 Å². The Balaban J connectivity index is 2.49. The number of hydrogen-bond donors (Lipinski definition) is 0. The molecule has 1 aromatic carbocycles. The van der Waals surface area contributed by atoms with E-state index in [1.165, 1.54) is 0 Å². The van der Waals surface area contributed by atoms with Crippen molar-refractivity contribution in [1.29, 1.82) is 0 Å². The molecule has 0 aliphatic heterocycles. The van der Waals surface area contributed by atoms with Crippen LogP contribution in [0.4, 0.5) is 17.3 Å². The zero-order valence-corrected chi connectivity index (χ0v) is 11.0. The molecule has 0 bridgehead atoms. The average Bonchev–Trinajstić information content (AvgIpc) is 2.34. The Morgan fingerprint density at radius 3 is 2.37 bits per heavy atom. The quantitative estimate of drug-likeness (QED) is 0.392. The zero-order chi connectivity index (χ0) is 14.3. The molecule has 0 atom stereocenters. The minimum Gasteiger partial charge on any atom is -0.491 e. The van der Waals surface area contributed by atoms with Crippen molar-refractivity contribution in [2.45, 2.75) is 39.0 Å². The molecule has 0 N–H and O–H groups in total. The maximum Gasteiger partial charge on any atom is 0.509 e. The summed E-state index contributed by atoms with van der Waals surface area (Å²) in [7, 11) is 0. The van der Waals surface area contributed by atoms with Crippen molar-refractivity contribution in [3.63, 3.8) is 0 Å². The van der Waals surface area contributed by atoms with Crippen LogP contribution in [-0.2, 0) is 0 Å². The molecule has 1 aromatic rings. The average molecular weight is 277 g/mol. The van der Waals surface area contributed by atoms with E-state index in [9.17, 15) is 17.3 Å². The van der Waals surface area contributed by atoms with Gasteiger partial charge in [-0.05, 0) is 18.6 Å². The molecule has 108 valence electrons. The highest BCUT2D eigenvalue weighted by molar-refractivity contribution is 6.73. The van der Waals surface area contributed by atoms with Gasteiger partial charge in [0.25, 0.3) is 0 Å². The van der Waals surface area contributed by atoms with Crippen LogP contribution in [0, 0.1) is 5.82 Å². The van der Waals surface area contributed by atoms with Gasteiger partial charge in [-0.15, -0.1) is 5.46 Å². The number of hydrogen-bond acceptors (Lipinski definition) is 1. The van der Waals surface area contributed by atoms with Crippen LogP contribution in [0.5, 0.6) is 5.75 Å². The fraction of sp³-hybridized carbons (Fsp3) is 0.538. The van der Waals surface area contributed by atoms with Crippen molar-refractivity contribution < 1.29 is 22.1 Å². The van der Waals surface area contributed by atoms with Gasteiger partial charge in [-0.3, -0.25) is 0 Å². The summed E-state index contributed by atoms with van der Waals surface area (Å²) in [4.78, 5) is 0. The highest BCUT2D eigenvalue weighted by atomic mass is 19.4. The summed E-state index contributed by atoms with van der Waals surface area (Å²) >= 11 is 0. The van der Waals surface area contributed by atoms with Crippen LogP contribution < -0.4 is 10.2 Å². The Bertz CT molecular complexity index is 393. The summed E-state index contributed by atoms with van der Waals surface area (Å²) in [5.74, 6) is -1.07. The summed E-state index contributed by atoms with van der Waals surface area (Å²) in [6, 6.07) is 2.28. The third-order valence-corrected chi connectivity index (χ3v) is 2.84. The molecule has 0 fully saturated rings. The molecule has 0 radical (unpaired) electrons. The Morgan fingerprint density at radius 2 is 1.74 bits per heavy atom. The van der Waals surface area contributed by atoms with Crippen LogP contribution in [0.2, 0.25) is 0 Å². The normalized spacial score (nSPS) is 11.6. The Labute approximate surface area is 111 Å². The van der Waals surface area contributed by atoms with E-state index in [1.54, 1.807) is 0 Å². The van der Waals surface area contributed by atoms with Gasteiger partial charge in [-0.2, -0.15) is 0 Å². The topological polar surface area (TPSA) is 9.23 Å². The standard InChI is InChI=1S/C13H18BF4O/c1-2-3-4-5-6-9-19-13-10-11(14(16,17)18)7-8-12(13)15/h7-8,10H,2-6,9H2,1H3/q-1. The van der Waals surface area contributed by atoms with Crippen molar-refractivity contribution in [2.75, 3.05) is 6.61 Å². The van der Waals surface area contributed by atoms with Gasteiger partial charge in [0.05, 0.1) is 6.61 Å². The largest absolute Gasteiger partial charge is 0.509 e. The van der Waals surface area contributed by atoms with Crippen molar-refractivity contribution in [3.05, 3.63) is 24.0 Å². The molecule has 0 aliphatic carbocycles. The van der Waals surface area contributed by atoms with Crippen LogP contribution in [0.3, 0.4) is 0 Å². The number of benzene rings is 1. The third kappa shape index (κ3) is 5.53. The van der Waals surface area contributed by atoms with E-state index in [1.807, 2.05) is 0 Å². The fourth-order valence-electron chi connectivity index (χ4n) is 1.72. The lowest BCUT2D eigenvalue weighted by Crippen LogP contribution is -2.34. The molecular formula is C13H18BF4O-. The lowest BCUT2D eigenvalue weighted by atomic mass is 9.80. The SMILES string of the molecule is CCCCCCCOc1cc([B-](F)(F)F)ccc1F. The second kappa shape index (κ2) is 7.41. The van der Waals surface area contributed by atoms with Gasteiger partial charge in [-0.25, -0.2) is 4.39 Å². The van der Waals surface area contributed by atoms with E-state index in [-0.39, 0.29) is 12.4 Å². The zero-order valence-electron chi connectivity index (χ0n) is 11.0. The van der Waals surface area contributed by atoms with Crippen molar-refractivity contribution in [3.8, 4) is 5.75 Å². The predicted octanol–water partition coefficient (Wildman–Crippen LogP) is 4.23. The van der Waals surface area contributed by atoms with Gasteiger partial charge in [-0.1, -0.05) is 38.7 Å². The van der Waals surface area contributed by atoms with E-state index in [0.29, 0.717) is 0 Å². The van der Waals surface area contributed by atoms with Crippen LogP contribution in [0.15, 0.2) is 18.2 Å². The van der Waals surface area contributed by atoms with Crippen LogP contribution in [-0.4, -0.2) is 13.6 Å². The summed E-state index contributed by atoms with van der Waals surface area (Å²) < 4.78 is 55.9. The summed E-state index contributed by atoms with van der Waals surface area (Å²) in [5, 5.41) is 0. The highest BCUT2D eigenvalue weighted by Crippen LogP contribution is 2.19. The second-order valence-corrected chi connectivity index (χ2v) is 4.53. The van der Waals surface area contributed by atoms with Crippen LogP contribution in [0.1, 0.15) is 39.0 Å². The Morgan fingerprint density at radius 1 is 1.05 bits per heavy atom. The number of rotatable bonds is 8. The lowest BCUT2D eigenvalue weighted by Gasteiger charge is -2.16. The van der Waals surface area contributed by atoms with E-state index >= 15 is 0 Å². The first-order chi connectivity index (χ1) is 8.95. The second-order valence-electron chi connectivity index (χ2n) is 4.53. The fourth-order valence-corrected chi connectivity index (χ4v) is 1.72. The van der Waals surface area contributed by atoms with Gasteiger partial charge >= 0.3 is 6.98 Å². The molecule has 0 saturated carbocycles. The maximum absolute atomic E-state index is 13.3. The van der Waals surface area contributed by atoms with Gasteiger partial charge < -0.3 is 17.7 Å². The van der Waals surface area contributed by atoms with Crippen molar-refractivity contribution in [1.82, 2.24) is 0 Å².